The van der Waals surface area contributed by atoms with Gasteiger partial charge in [-0.1, -0.05) is 42.5 Å². The first kappa shape index (κ1) is 15.1. The van der Waals surface area contributed by atoms with Crippen LogP contribution in [0, 0.1) is 0 Å². The van der Waals surface area contributed by atoms with Gasteiger partial charge in [0.05, 0.1) is 0 Å². The zero-order valence-corrected chi connectivity index (χ0v) is 12.7. The van der Waals surface area contributed by atoms with Gasteiger partial charge in [0, 0.05) is 0 Å². The largest absolute Gasteiger partial charge is 0.480 e. The fourth-order valence-electron chi connectivity index (χ4n) is 2.78. The highest BCUT2D eigenvalue weighted by atomic mass is 16.5. The maximum atomic E-state index is 11.7. The summed E-state index contributed by atoms with van der Waals surface area (Å²) in [4.78, 5) is 22.4. The predicted octanol–water partition coefficient (Wildman–Crippen LogP) is 2.96. The Morgan fingerprint density at radius 3 is 2.70 bits per heavy atom. The van der Waals surface area contributed by atoms with Crippen molar-refractivity contribution < 1.29 is 19.4 Å². The molecule has 1 aliphatic rings. The Kier molecular flexibility index (Phi) is 4.02. The summed E-state index contributed by atoms with van der Waals surface area (Å²) in [5.41, 5.74) is 5.75. The minimum atomic E-state index is -1.10. The Balaban J connectivity index is 1.72. The summed E-state index contributed by atoms with van der Waals surface area (Å²) in [6.45, 7) is 1.51. The average Bonchev–Trinajstić information content (AvgIpc) is 2.92. The van der Waals surface area contributed by atoms with Gasteiger partial charge in [-0.3, -0.25) is 4.79 Å². The molecule has 5 nitrogen and oxygen atoms in total. The van der Waals surface area contributed by atoms with Crippen LogP contribution in [0.1, 0.15) is 23.6 Å². The van der Waals surface area contributed by atoms with Gasteiger partial charge in [0.25, 0.3) is 0 Å². The maximum Gasteiger partial charge on any atom is 0.408 e. The SMILES string of the molecule is C[C@H](NC(=O)OCc1cccc2c1Cc1ccccc1-2)C(=O)O. The number of aliphatic carboxylic acids is 1. The third kappa shape index (κ3) is 3.04. The fourth-order valence-corrected chi connectivity index (χ4v) is 2.78. The first-order valence-corrected chi connectivity index (χ1v) is 7.41. The Morgan fingerprint density at radius 1 is 1.17 bits per heavy atom. The van der Waals surface area contributed by atoms with Crippen LogP contribution in [0.4, 0.5) is 4.79 Å². The molecule has 2 aromatic carbocycles. The van der Waals surface area contributed by atoms with E-state index in [1.165, 1.54) is 23.6 Å². The lowest BCUT2D eigenvalue weighted by atomic mass is 10.0. The minimum Gasteiger partial charge on any atom is -0.480 e. The summed E-state index contributed by atoms with van der Waals surface area (Å²) in [5, 5.41) is 11.0. The van der Waals surface area contributed by atoms with E-state index >= 15 is 0 Å². The summed E-state index contributed by atoms with van der Waals surface area (Å²) in [6, 6.07) is 13.2. The van der Waals surface area contributed by atoms with Gasteiger partial charge in [-0.25, -0.2) is 4.79 Å². The van der Waals surface area contributed by atoms with Crippen LogP contribution in [0.2, 0.25) is 0 Å². The third-order valence-electron chi connectivity index (χ3n) is 4.01. The number of hydrogen-bond acceptors (Lipinski definition) is 3. The fraction of sp³-hybridized carbons (Fsp3) is 0.222. The Morgan fingerprint density at radius 2 is 1.91 bits per heavy atom. The molecule has 1 aliphatic carbocycles. The Labute approximate surface area is 133 Å². The van der Waals surface area contributed by atoms with E-state index in [2.05, 4.69) is 23.5 Å². The molecule has 2 N–H and O–H groups in total. The van der Waals surface area contributed by atoms with Crippen molar-refractivity contribution in [3.63, 3.8) is 0 Å². The van der Waals surface area contributed by atoms with E-state index < -0.39 is 18.1 Å². The molecule has 0 bridgehead atoms. The number of carbonyl (C=O) groups is 2. The second-order valence-corrected chi connectivity index (χ2v) is 5.56. The normalized spacial score (nSPS) is 12.9. The molecule has 3 rings (SSSR count). The monoisotopic (exact) mass is 311 g/mol. The van der Waals surface area contributed by atoms with Crippen molar-refractivity contribution in [3.05, 3.63) is 59.2 Å². The first-order chi connectivity index (χ1) is 11.1. The molecule has 0 fully saturated rings. The van der Waals surface area contributed by atoms with Crippen LogP contribution < -0.4 is 5.32 Å². The number of fused-ring (bicyclic) bond motifs is 3. The van der Waals surface area contributed by atoms with Gasteiger partial charge in [-0.2, -0.15) is 0 Å². The topological polar surface area (TPSA) is 75.6 Å². The number of carbonyl (C=O) groups excluding carboxylic acids is 1. The second kappa shape index (κ2) is 6.12. The molecule has 2 aromatic rings. The summed E-state index contributed by atoms with van der Waals surface area (Å²) in [7, 11) is 0. The lowest BCUT2D eigenvalue weighted by molar-refractivity contribution is -0.138. The smallest absolute Gasteiger partial charge is 0.408 e. The van der Waals surface area contributed by atoms with Crippen molar-refractivity contribution in [2.45, 2.75) is 26.0 Å². The van der Waals surface area contributed by atoms with Crippen molar-refractivity contribution in [3.8, 4) is 11.1 Å². The lowest BCUT2D eigenvalue weighted by Gasteiger charge is -2.12. The van der Waals surface area contributed by atoms with E-state index in [1.54, 1.807) is 0 Å². The van der Waals surface area contributed by atoms with Gasteiger partial charge in [0.1, 0.15) is 12.6 Å². The molecule has 0 radical (unpaired) electrons. The highest BCUT2D eigenvalue weighted by Crippen LogP contribution is 2.38. The number of benzene rings is 2. The van der Waals surface area contributed by atoms with Gasteiger partial charge in [-0.15, -0.1) is 0 Å². The maximum absolute atomic E-state index is 11.7. The van der Waals surface area contributed by atoms with E-state index in [0.717, 1.165) is 17.5 Å². The van der Waals surface area contributed by atoms with Crippen molar-refractivity contribution in [2.24, 2.45) is 0 Å². The highest BCUT2D eigenvalue weighted by molar-refractivity contribution is 5.80. The predicted molar refractivity (Wildman–Crippen MR) is 85.1 cm³/mol. The van der Waals surface area contributed by atoms with E-state index in [0.29, 0.717) is 0 Å². The summed E-state index contributed by atoms with van der Waals surface area (Å²) < 4.78 is 5.16. The van der Waals surface area contributed by atoms with Crippen molar-refractivity contribution >= 4 is 12.1 Å². The van der Waals surface area contributed by atoms with Gasteiger partial charge in [-0.05, 0) is 41.2 Å². The zero-order valence-electron chi connectivity index (χ0n) is 12.7. The third-order valence-corrected chi connectivity index (χ3v) is 4.01. The number of nitrogens with one attached hydrogen (secondary N) is 1. The van der Waals surface area contributed by atoms with Crippen molar-refractivity contribution in [1.29, 1.82) is 0 Å². The molecule has 0 heterocycles. The molecule has 0 aromatic heterocycles. The van der Waals surface area contributed by atoms with Crippen LogP contribution in [-0.4, -0.2) is 23.2 Å². The van der Waals surface area contributed by atoms with Gasteiger partial charge < -0.3 is 15.2 Å². The van der Waals surface area contributed by atoms with Crippen LogP contribution >= 0.6 is 0 Å². The Hall–Kier alpha value is -2.82. The van der Waals surface area contributed by atoms with Crippen LogP contribution in [0.15, 0.2) is 42.5 Å². The number of alkyl carbamates (subject to hydrolysis) is 1. The second-order valence-electron chi connectivity index (χ2n) is 5.56. The standard InChI is InChI=1S/C18H17NO4/c1-11(17(20)21)19-18(22)23-10-13-6-4-8-15-14-7-3-2-5-12(14)9-16(13)15/h2-8,11H,9-10H2,1H3,(H,19,22)(H,20,21)/t11-/m0/s1. The first-order valence-electron chi connectivity index (χ1n) is 7.41. The number of hydrogen-bond donors (Lipinski definition) is 2. The van der Waals surface area contributed by atoms with Crippen molar-refractivity contribution in [1.82, 2.24) is 5.32 Å². The molecule has 0 aliphatic heterocycles. The van der Waals surface area contributed by atoms with Crippen molar-refractivity contribution in [2.75, 3.05) is 0 Å². The quantitative estimate of drug-likeness (QED) is 0.777. The molecule has 0 saturated heterocycles. The molecule has 0 unspecified atom stereocenters. The summed E-state index contributed by atoms with van der Waals surface area (Å²) in [6.07, 6.45) is 0.0890. The Bertz CT molecular complexity index is 769. The summed E-state index contributed by atoms with van der Waals surface area (Å²) >= 11 is 0. The van der Waals surface area contributed by atoms with Gasteiger partial charge in [0.2, 0.25) is 0 Å². The van der Waals surface area contributed by atoms with Crippen LogP contribution in [-0.2, 0) is 22.6 Å². The van der Waals surface area contributed by atoms with Gasteiger partial charge >= 0.3 is 12.1 Å². The van der Waals surface area contributed by atoms with Crippen LogP contribution in [0.25, 0.3) is 11.1 Å². The molecule has 5 heteroatoms. The lowest BCUT2D eigenvalue weighted by Crippen LogP contribution is -2.38. The number of rotatable bonds is 4. The van der Waals surface area contributed by atoms with E-state index in [9.17, 15) is 9.59 Å². The molecular weight excluding hydrogens is 294 g/mol. The molecule has 1 amide bonds. The molecule has 118 valence electrons. The molecule has 0 saturated carbocycles. The number of carboxylic acids is 1. The van der Waals surface area contributed by atoms with E-state index in [4.69, 9.17) is 9.84 Å². The summed E-state index contributed by atoms with van der Waals surface area (Å²) in [5.74, 6) is -1.10. The number of carboxylic acid groups (broad SMARTS) is 1. The van der Waals surface area contributed by atoms with E-state index in [1.807, 2.05) is 24.3 Å². The molecule has 23 heavy (non-hydrogen) atoms. The highest BCUT2D eigenvalue weighted by Gasteiger charge is 2.21. The van der Waals surface area contributed by atoms with Crippen LogP contribution in [0.3, 0.4) is 0 Å². The number of ether oxygens (including phenoxy) is 1. The van der Waals surface area contributed by atoms with Gasteiger partial charge in [0.15, 0.2) is 0 Å². The molecule has 0 spiro atoms. The zero-order chi connectivity index (χ0) is 16.4. The number of amides is 1. The molecule has 1 atom stereocenters. The van der Waals surface area contributed by atoms with E-state index in [-0.39, 0.29) is 6.61 Å². The average molecular weight is 311 g/mol. The molecular formula is C18H17NO4. The minimum absolute atomic E-state index is 0.120. The van der Waals surface area contributed by atoms with Crippen LogP contribution in [0.5, 0.6) is 0 Å².